The van der Waals surface area contributed by atoms with Crippen molar-refractivity contribution < 1.29 is 12.8 Å². The molecule has 6 nitrogen and oxygen atoms in total. The average molecular weight is 298 g/mol. The highest BCUT2D eigenvalue weighted by Gasteiger charge is 2.25. The van der Waals surface area contributed by atoms with Crippen LogP contribution < -0.4 is 5.73 Å². The second-order valence-electron chi connectivity index (χ2n) is 4.42. The number of sulfonamides is 1. The zero-order chi connectivity index (χ0) is 14.9. The first-order chi connectivity index (χ1) is 9.32. The van der Waals surface area contributed by atoms with Gasteiger partial charge in [-0.2, -0.15) is 4.31 Å². The monoisotopic (exact) mass is 298 g/mol. The molecule has 0 saturated heterocycles. The van der Waals surface area contributed by atoms with Gasteiger partial charge in [-0.15, -0.1) is 0 Å². The van der Waals surface area contributed by atoms with E-state index in [1.807, 2.05) is 0 Å². The Morgan fingerprint density at radius 2 is 2.15 bits per heavy atom. The average Bonchev–Trinajstić information content (AvgIpc) is 2.86. The van der Waals surface area contributed by atoms with Gasteiger partial charge in [0.15, 0.2) is 0 Å². The lowest BCUT2D eigenvalue weighted by Crippen LogP contribution is -2.28. The number of anilines is 1. The molecule has 0 aliphatic carbocycles. The molecule has 0 amide bonds. The van der Waals surface area contributed by atoms with Crippen LogP contribution in [-0.2, 0) is 16.6 Å². The van der Waals surface area contributed by atoms with Crippen LogP contribution in [0.25, 0.3) is 0 Å². The number of hydrogen-bond acceptors (Lipinski definition) is 4. The van der Waals surface area contributed by atoms with Crippen molar-refractivity contribution in [2.24, 2.45) is 0 Å². The first-order valence-corrected chi connectivity index (χ1v) is 7.26. The fourth-order valence-electron chi connectivity index (χ4n) is 1.79. The summed E-state index contributed by atoms with van der Waals surface area (Å²) in [6, 6.07) is 2.35. The molecule has 0 radical (unpaired) electrons. The molecule has 2 aromatic rings. The summed E-state index contributed by atoms with van der Waals surface area (Å²) < 4.78 is 39.6. The van der Waals surface area contributed by atoms with E-state index in [2.05, 4.69) is 9.97 Å². The number of aromatic amines is 1. The van der Waals surface area contributed by atoms with E-state index in [0.29, 0.717) is 5.82 Å². The maximum absolute atomic E-state index is 13.6. The molecule has 0 fully saturated rings. The number of nitrogens with two attached hydrogens (primary N) is 1. The number of H-pyrrole nitrogens is 1. The highest BCUT2D eigenvalue weighted by Crippen LogP contribution is 2.24. The van der Waals surface area contributed by atoms with E-state index in [1.165, 1.54) is 26.2 Å². The lowest BCUT2D eigenvalue weighted by molar-refractivity contribution is 0.457. The Labute approximate surface area is 116 Å². The van der Waals surface area contributed by atoms with Crippen molar-refractivity contribution in [3.63, 3.8) is 0 Å². The van der Waals surface area contributed by atoms with Crippen LogP contribution in [0.3, 0.4) is 0 Å². The Kier molecular flexibility index (Phi) is 3.78. The van der Waals surface area contributed by atoms with E-state index in [-0.39, 0.29) is 22.7 Å². The Bertz CT molecular complexity index is 713. The van der Waals surface area contributed by atoms with Gasteiger partial charge in [0, 0.05) is 30.7 Å². The molecule has 2 rings (SSSR count). The predicted molar refractivity (Wildman–Crippen MR) is 72.8 cm³/mol. The fourth-order valence-corrected chi connectivity index (χ4v) is 3.19. The number of nitrogen functional groups attached to an aromatic ring is 1. The summed E-state index contributed by atoms with van der Waals surface area (Å²) in [6.45, 7) is 1.47. The molecule has 0 spiro atoms. The van der Waals surface area contributed by atoms with Crippen molar-refractivity contribution in [2.75, 3.05) is 12.8 Å². The molecular weight excluding hydrogens is 283 g/mol. The Morgan fingerprint density at radius 3 is 2.75 bits per heavy atom. The molecule has 20 heavy (non-hydrogen) atoms. The summed E-state index contributed by atoms with van der Waals surface area (Å²) in [4.78, 5) is 6.64. The van der Waals surface area contributed by atoms with Crippen LogP contribution in [0.2, 0.25) is 0 Å². The molecule has 0 saturated carbocycles. The van der Waals surface area contributed by atoms with E-state index in [9.17, 15) is 12.8 Å². The Morgan fingerprint density at radius 1 is 1.45 bits per heavy atom. The minimum absolute atomic E-state index is 0.0468. The zero-order valence-corrected chi connectivity index (χ0v) is 11.9. The van der Waals surface area contributed by atoms with Gasteiger partial charge in [-0.05, 0) is 19.1 Å². The first-order valence-electron chi connectivity index (χ1n) is 5.82. The van der Waals surface area contributed by atoms with Gasteiger partial charge < -0.3 is 10.7 Å². The van der Waals surface area contributed by atoms with Gasteiger partial charge in [-0.25, -0.2) is 17.8 Å². The van der Waals surface area contributed by atoms with E-state index in [1.54, 1.807) is 6.20 Å². The van der Waals surface area contributed by atoms with Crippen LogP contribution >= 0.6 is 0 Å². The van der Waals surface area contributed by atoms with Crippen molar-refractivity contribution in [1.82, 2.24) is 14.3 Å². The second kappa shape index (κ2) is 5.22. The van der Waals surface area contributed by atoms with Crippen LogP contribution in [0, 0.1) is 12.7 Å². The molecule has 8 heteroatoms. The molecule has 108 valence electrons. The summed E-state index contributed by atoms with van der Waals surface area (Å²) in [5.41, 5.74) is 5.63. The summed E-state index contributed by atoms with van der Waals surface area (Å²) in [7, 11) is -2.44. The van der Waals surface area contributed by atoms with Crippen molar-refractivity contribution in [2.45, 2.75) is 18.4 Å². The van der Waals surface area contributed by atoms with E-state index < -0.39 is 15.8 Å². The fraction of sp³-hybridized carbons (Fsp3) is 0.250. The molecule has 0 unspecified atom stereocenters. The Hall–Kier alpha value is -1.93. The maximum Gasteiger partial charge on any atom is 0.243 e. The van der Waals surface area contributed by atoms with E-state index in [0.717, 1.165) is 10.4 Å². The number of aromatic nitrogens is 2. The molecule has 1 aromatic heterocycles. The van der Waals surface area contributed by atoms with Crippen molar-refractivity contribution in [1.29, 1.82) is 0 Å². The lowest BCUT2D eigenvalue weighted by atomic mass is 10.2. The predicted octanol–water partition coefficient (Wildman–Crippen LogP) is 1.26. The molecular formula is C12H15FN4O2S. The van der Waals surface area contributed by atoms with Gasteiger partial charge in [0.25, 0.3) is 0 Å². The number of nitrogens with zero attached hydrogens (tertiary/aromatic N) is 2. The zero-order valence-electron chi connectivity index (χ0n) is 11.1. The number of hydrogen-bond donors (Lipinski definition) is 2. The van der Waals surface area contributed by atoms with Crippen molar-refractivity contribution in [3.05, 3.63) is 41.7 Å². The summed E-state index contributed by atoms with van der Waals surface area (Å²) >= 11 is 0. The largest absolute Gasteiger partial charge is 0.399 e. The molecule has 0 aliphatic rings. The topological polar surface area (TPSA) is 92.1 Å². The molecule has 0 atom stereocenters. The number of benzene rings is 1. The molecule has 0 aliphatic heterocycles. The SMILES string of the molecule is Cc1c(F)cc(N)cc1S(=O)(=O)N(C)Cc1ncc[nH]1. The summed E-state index contributed by atoms with van der Waals surface area (Å²) in [6.07, 6.45) is 3.13. The number of rotatable bonds is 4. The molecule has 3 N–H and O–H groups in total. The highest BCUT2D eigenvalue weighted by molar-refractivity contribution is 7.89. The van der Waals surface area contributed by atoms with E-state index in [4.69, 9.17) is 5.73 Å². The smallest absolute Gasteiger partial charge is 0.243 e. The van der Waals surface area contributed by atoms with Gasteiger partial charge in [0.1, 0.15) is 11.6 Å². The number of halogens is 1. The summed E-state index contributed by atoms with van der Waals surface area (Å²) in [5.74, 6) is -0.145. The van der Waals surface area contributed by atoms with Crippen LogP contribution in [0.4, 0.5) is 10.1 Å². The van der Waals surface area contributed by atoms with Crippen LogP contribution in [0.1, 0.15) is 11.4 Å². The van der Waals surface area contributed by atoms with Crippen molar-refractivity contribution in [3.8, 4) is 0 Å². The minimum atomic E-state index is -3.84. The quantitative estimate of drug-likeness (QED) is 0.831. The molecule has 1 heterocycles. The third kappa shape index (κ3) is 2.66. The number of imidazole rings is 1. The lowest BCUT2D eigenvalue weighted by Gasteiger charge is -2.18. The first kappa shape index (κ1) is 14.5. The third-order valence-corrected chi connectivity index (χ3v) is 4.86. The highest BCUT2D eigenvalue weighted by atomic mass is 32.2. The maximum atomic E-state index is 13.6. The minimum Gasteiger partial charge on any atom is -0.399 e. The van der Waals surface area contributed by atoms with E-state index >= 15 is 0 Å². The molecule has 0 bridgehead atoms. The van der Waals surface area contributed by atoms with Gasteiger partial charge in [-0.1, -0.05) is 0 Å². The van der Waals surface area contributed by atoms with Gasteiger partial charge in [0.2, 0.25) is 10.0 Å². The van der Waals surface area contributed by atoms with Gasteiger partial charge in [-0.3, -0.25) is 0 Å². The van der Waals surface area contributed by atoms with Gasteiger partial charge >= 0.3 is 0 Å². The van der Waals surface area contributed by atoms with Crippen molar-refractivity contribution >= 4 is 15.7 Å². The third-order valence-electron chi connectivity index (χ3n) is 2.93. The summed E-state index contributed by atoms with van der Waals surface area (Å²) in [5, 5.41) is 0. The van der Waals surface area contributed by atoms with Crippen LogP contribution in [0.15, 0.2) is 29.4 Å². The van der Waals surface area contributed by atoms with Crippen LogP contribution in [-0.4, -0.2) is 29.7 Å². The standard InChI is InChI=1S/C12H15FN4O2S/c1-8-10(13)5-9(14)6-11(8)20(18,19)17(2)7-12-15-3-4-16-12/h3-6H,7,14H2,1-2H3,(H,15,16). The number of nitrogens with one attached hydrogen (secondary N) is 1. The molecule has 1 aromatic carbocycles. The normalized spacial score (nSPS) is 12.0. The Balaban J connectivity index is 2.40. The second-order valence-corrected chi connectivity index (χ2v) is 6.44. The van der Waals surface area contributed by atoms with Crippen LogP contribution in [0.5, 0.6) is 0 Å². The van der Waals surface area contributed by atoms with Gasteiger partial charge in [0.05, 0.1) is 11.4 Å².